The summed E-state index contributed by atoms with van der Waals surface area (Å²) in [6.45, 7) is 2.36. The highest BCUT2D eigenvalue weighted by Gasteiger charge is 2.27. The standard InChI is InChI=1S/C19H24N4O4.2ClH/c1-25-15-5-6-17(18(10-15)26-2)22-19(24)23-9-8-21-11-14(23)13-27-16-4-3-7-20-12-16;;/h3-7,10,12,14,21H,8-9,11,13H2,1-2H3,(H,22,24);2*1H. The van der Waals surface area contributed by atoms with Crippen LogP contribution in [-0.4, -0.2) is 62.4 Å². The average Bonchev–Trinajstić information content (AvgIpc) is 2.73. The van der Waals surface area contributed by atoms with Crippen LogP contribution in [0, 0.1) is 0 Å². The van der Waals surface area contributed by atoms with E-state index in [2.05, 4.69) is 15.6 Å². The SMILES string of the molecule is COc1ccc(NC(=O)N2CCNCC2COc2cccnc2)c(OC)c1.Cl.Cl. The van der Waals surface area contributed by atoms with E-state index in [4.69, 9.17) is 14.2 Å². The van der Waals surface area contributed by atoms with Gasteiger partial charge < -0.3 is 29.7 Å². The van der Waals surface area contributed by atoms with E-state index >= 15 is 0 Å². The molecule has 3 rings (SSSR count). The van der Waals surface area contributed by atoms with Gasteiger partial charge in [0, 0.05) is 31.9 Å². The molecule has 160 valence electrons. The molecule has 8 nitrogen and oxygen atoms in total. The van der Waals surface area contributed by atoms with Gasteiger partial charge in [0.1, 0.15) is 23.9 Å². The second kappa shape index (κ2) is 12.2. The Hall–Kier alpha value is -2.42. The molecule has 1 aromatic carbocycles. The van der Waals surface area contributed by atoms with Crippen molar-refractivity contribution in [3.8, 4) is 17.2 Å². The van der Waals surface area contributed by atoms with Crippen molar-refractivity contribution in [1.29, 1.82) is 0 Å². The summed E-state index contributed by atoms with van der Waals surface area (Å²) >= 11 is 0. The van der Waals surface area contributed by atoms with Crippen molar-refractivity contribution in [2.45, 2.75) is 6.04 Å². The molecule has 0 aliphatic carbocycles. The van der Waals surface area contributed by atoms with Crippen molar-refractivity contribution < 1.29 is 19.0 Å². The lowest BCUT2D eigenvalue weighted by molar-refractivity contribution is 0.132. The number of benzene rings is 1. The highest BCUT2D eigenvalue weighted by molar-refractivity contribution is 5.91. The molecule has 2 N–H and O–H groups in total. The molecule has 1 aromatic heterocycles. The van der Waals surface area contributed by atoms with Crippen LogP contribution < -0.4 is 24.8 Å². The fourth-order valence-corrected chi connectivity index (χ4v) is 2.89. The number of rotatable bonds is 6. The summed E-state index contributed by atoms with van der Waals surface area (Å²) in [6, 6.07) is 8.64. The number of carbonyl (C=O) groups excluding carboxylic acids is 1. The van der Waals surface area contributed by atoms with Crippen molar-refractivity contribution in [1.82, 2.24) is 15.2 Å². The zero-order valence-electron chi connectivity index (χ0n) is 16.3. The van der Waals surface area contributed by atoms with Crippen molar-refractivity contribution in [3.63, 3.8) is 0 Å². The van der Waals surface area contributed by atoms with Gasteiger partial charge in [0.15, 0.2) is 0 Å². The van der Waals surface area contributed by atoms with E-state index in [0.717, 1.165) is 6.54 Å². The summed E-state index contributed by atoms with van der Waals surface area (Å²) in [6.07, 6.45) is 3.35. The molecular weight excluding hydrogens is 419 g/mol. The number of hydrogen-bond acceptors (Lipinski definition) is 6. The number of ether oxygens (including phenoxy) is 3. The first-order chi connectivity index (χ1) is 13.2. The number of nitrogens with one attached hydrogen (secondary N) is 2. The van der Waals surface area contributed by atoms with Crippen molar-refractivity contribution in [3.05, 3.63) is 42.7 Å². The van der Waals surface area contributed by atoms with Gasteiger partial charge >= 0.3 is 6.03 Å². The van der Waals surface area contributed by atoms with Gasteiger partial charge in [0.05, 0.1) is 32.1 Å². The number of nitrogens with zero attached hydrogens (tertiary/aromatic N) is 2. The van der Waals surface area contributed by atoms with E-state index in [9.17, 15) is 4.79 Å². The monoisotopic (exact) mass is 444 g/mol. The Morgan fingerprint density at radius 1 is 1.24 bits per heavy atom. The maximum atomic E-state index is 12.8. The molecule has 0 saturated carbocycles. The second-order valence-corrected chi connectivity index (χ2v) is 6.05. The minimum atomic E-state index is -0.195. The maximum absolute atomic E-state index is 12.8. The van der Waals surface area contributed by atoms with Crippen LogP contribution in [0.25, 0.3) is 0 Å². The number of piperazine rings is 1. The minimum Gasteiger partial charge on any atom is -0.497 e. The molecule has 1 aliphatic heterocycles. The van der Waals surface area contributed by atoms with Crippen LogP contribution in [0.5, 0.6) is 17.2 Å². The number of hydrogen-bond donors (Lipinski definition) is 2. The first-order valence-corrected chi connectivity index (χ1v) is 8.74. The Morgan fingerprint density at radius 2 is 2.07 bits per heavy atom. The molecule has 0 radical (unpaired) electrons. The number of urea groups is 1. The van der Waals surface area contributed by atoms with Crippen LogP contribution >= 0.6 is 24.8 Å². The second-order valence-electron chi connectivity index (χ2n) is 6.05. The Kier molecular flexibility index (Phi) is 10.4. The largest absolute Gasteiger partial charge is 0.497 e. The molecular formula is C19H26Cl2N4O4. The third-order valence-electron chi connectivity index (χ3n) is 4.34. The smallest absolute Gasteiger partial charge is 0.322 e. The quantitative estimate of drug-likeness (QED) is 0.712. The van der Waals surface area contributed by atoms with Gasteiger partial charge in [-0.3, -0.25) is 4.98 Å². The highest BCUT2D eigenvalue weighted by Crippen LogP contribution is 2.29. The lowest BCUT2D eigenvalue weighted by Crippen LogP contribution is -2.57. The number of pyridine rings is 1. The zero-order chi connectivity index (χ0) is 19.1. The van der Waals surface area contributed by atoms with Crippen LogP contribution in [0.4, 0.5) is 10.5 Å². The lowest BCUT2D eigenvalue weighted by atomic mass is 10.2. The average molecular weight is 445 g/mol. The summed E-state index contributed by atoms with van der Waals surface area (Å²) < 4.78 is 16.3. The number of carbonyl (C=O) groups is 1. The highest BCUT2D eigenvalue weighted by atomic mass is 35.5. The van der Waals surface area contributed by atoms with Gasteiger partial charge in [-0.1, -0.05) is 0 Å². The molecule has 1 fully saturated rings. The van der Waals surface area contributed by atoms with Crippen molar-refractivity contribution in [2.24, 2.45) is 0 Å². The first-order valence-electron chi connectivity index (χ1n) is 8.74. The Balaban J connectivity index is 0.00000210. The van der Waals surface area contributed by atoms with E-state index in [0.29, 0.717) is 42.6 Å². The first kappa shape index (κ1) is 24.6. The molecule has 1 unspecified atom stereocenters. The Bertz CT molecular complexity index is 767. The fraction of sp³-hybridized carbons (Fsp3) is 0.368. The predicted octanol–water partition coefficient (Wildman–Crippen LogP) is 2.83. The molecule has 0 spiro atoms. The topological polar surface area (TPSA) is 85.0 Å². The summed E-state index contributed by atoms with van der Waals surface area (Å²) in [5.74, 6) is 1.89. The van der Waals surface area contributed by atoms with Crippen molar-refractivity contribution in [2.75, 3.05) is 45.8 Å². The van der Waals surface area contributed by atoms with Crippen LogP contribution in [0.2, 0.25) is 0 Å². The third-order valence-corrected chi connectivity index (χ3v) is 4.34. The van der Waals surface area contributed by atoms with E-state index < -0.39 is 0 Å². The molecule has 29 heavy (non-hydrogen) atoms. The molecule has 0 bridgehead atoms. The van der Waals surface area contributed by atoms with Crippen LogP contribution in [0.1, 0.15) is 0 Å². The van der Waals surface area contributed by atoms with E-state index in [1.54, 1.807) is 49.7 Å². The number of halogens is 2. The van der Waals surface area contributed by atoms with E-state index in [-0.39, 0.29) is 36.9 Å². The fourth-order valence-electron chi connectivity index (χ4n) is 2.89. The number of methoxy groups -OCH3 is 2. The van der Waals surface area contributed by atoms with Crippen LogP contribution in [0.15, 0.2) is 42.7 Å². The van der Waals surface area contributed by atoms with Gasteiger partial charge in [0.25, 0.3) is 0 Å². The maximum Gasteiger partial charge on any atom is 0.322 e. The van der Waals surface area contributed by atoms with E-state index in [1.165, 1.54) is 0 Å². The third kappa shape index (κ3) is 6.56. The summed E-state index contributed by atoms with van der Waals surface area (Å²) in [4.78, 5) is 18.7. The number of anilines is 1. The van der Waals surface area contributed by atoms with Crippen LogP contribution in [0.3, 0.4) is 0 Å². The van der Waals surface area contributed by atoms with Gasteiger partial charge in [-0.15, -0.1) is 24.8 Å². The van der Waals surface area contributed by atoms with Gasteiger partial charge in [0.2, 0.25) is 0 Å². The van der Waals surface area contributed by atoms with Gasteiger partial charge in [-0.25, -0.2) is 4.79 Å². The summed E-state index contributed by atoms with van der Waals surface area (Å²) in [5.41, 5.74) is 0.591. The van der Waals surface area contributed by atoms with E-state index in [1.807, 2.05) is 12.1 Å². The van der Waals surface area contributed by atoms with Crippen molar-refractivity contribution >= 4 is 36.5 Å². The summed E-state index contributed by atoms with van der Waals surface area (Å²) in [7, 11) is 3.14. The summed E-state index contributed by atoms with van der Waals surface area (Å²) in [5, 5.41) is 6.22. The van der Waals surface area contributed by atoms with Gasteiger partial charge in [-0.2, -0.15) is 0 Å². The number of aromatic nitrogens is 1. The molecule has 1 aliphatic rings. The molecule has 2 aromatic rings. The Morgan fingerprint density at radius 3 is 2.76 bits per heavy atom. The molecule has 10 heteroatoms. The molecule has 2 heterocycles. The normalized spacial score (nSPS) is 15.4. The van der Waals surface area contributed by atoms with Crippen LogP contribution in [-0.2, 0) is 0 Å². The molecule has 1 atom stereocenters. The predicted molar refractivity (Wildman–Crippen MR) is 116 cm³/mol. The zero-order valence-corrected chi connectivity index (χ0v) is 17.9. The molecule has 2 amide bonds. The lowest BCUT2D eigenvalue weighted by Gasteiger charge is -2.36. The number of amides is 2. The minimum absolute atomic E-state index is 0. The Labute approximate surface area is 182 Å². The van der Waals surface area contributed by atoms with Gasteiger partial charge in [-0.05, 0) is 24.3 Å². The molecule has 1 saturated heterocycles.